The number of hydrogen-bond donors (Lipinski definition) is 0. The maximum Gasteiger partial charge on any atom is 0.182 e. The molecule has 0 unspecified atom stereocenters. The summed E-state index contributed by atoms with van der Waals surface area (Å²) in [6.07, 6.45) is 2.39. The second-order valence-corrected chi connectivity index (χ2v) is 7.07. The Balaban J connectivity index is 2.35. The monoisotopic (exact) mass is 258 g/mol. The Labute approximate surface area is 102 Å². The Hall–Kier alpha value is -0.540. The van der Waals surface area contributed by atoms with Gasteiger partial charge >= 0.3 is 0 Å². The van der Waals surface area contributed by atoms with Crippen molar-refractivity contribution < 1.29 is 8.42 Å². The summed E-state index contributed by atoms with van der Waals surface area (Å²) in [5, 5.41) is -0.636. The van der Waals surface area contributed by atoms with Gasteiger partial charge in [0.1, 0.15) is 0 Å². The van der Waals surface area contributed by atoms with Gasteiger partial charge in [0.25, 0.3) is 0 Å². The van der Waals surface area contributed by atoms with E-state index in [9.17, 15) is 8.42 Å². The molecule has 16 heavy (non-hydrogen) atoms. The molecule has 4 heteroatoms. The largest absolute Gasteiger partial charge is 0.223 e. The van der Waals surface area contributed by atoms with Gasteiger partial charge in [0.05, 0.1) is 15.5 Å². The molecule has 1 saturated carbocycles. The van der Waals surface area contributed by atoms with Crippen LogP contribution >= 0.6 is 11.6 Å². The molecule has 1 aliphatic rings. The Morgan fingerprint density at radius 3 is 2.31 bits per heavy atom. The van der Waals surface area contributed by atoms with Gasteiger partial charge in [0.2, 0.25) is 0 Å². The molecule has 2 rings (SSSR count). The highest BCUT2D eigenvalue weighted by Gasteiger charge is 2.37. The van der Waals surface area contributed by atoms with Gasteiger partial charge in [-0.3, -0.25) is 0 Å². The second kappa shape index (κ2) is 4.38. The predicted octanol–water partition coefficient (Wildman–Crippen LogP) is 2.93. The molecule has 0 N–H and O–H groups in total. The van der Waals surface area contributed by atoms with Crippen LogP contribution < -0.4 is 0 Å². The molecule has 0 spiro atoms. The molecule has 1 aromatic carbocycles. The van der Waals surface area contributed by atoms with Crippen LogP contribution in [-0.2, 0) is 9.84 Å². The van der Waals surface area contributed by atoms with Gasteiger partial charge in [-0.05, 0) is 31.9 Å². The van der Waals surface area contributed by atoms with Crippen LogP contribution in [0.25, 0.3) is 0 Å². The minimum Gasteiger partial charge on any atom is -0.223 e. The third kappa shape index (κ3) is 2.11. The molecule has 0 heterocycles. The van der Waals surface area contributed by atoms with Gasteiger partial charge in [0.15, 0.2) is 9.84 Å². The summed E-state index contributed by atoms with van der Waals surface area (Å²) >= 11 is 6.06. The Morgan fingerprint density at radius 2 is 1.81 bits per heavy atom. The van der Waals surface area contributed by atoms with Crippen LogP contribution in [0.4, 0.5) is 0 Å². The first kappa shape index (κ1) is 11.9. The van der Waals surface area contributed by atoms with Crippen LogP contribution in [0.3, 0.4) is 0 Å². The zero-order valence-corrected chi connectivity index (χ0v) is 10.8. The SMILES string of the molecule is Cc1ccc(S(=O)(=O)[C@H]2CCC[C@@H]2Cl)cc1. The van der Waals surface area contributed by atoms with Crippen molar-refractivity contribution in [3.63, 3.8) is 0 Å². The molecule has 0 bridgehead atoms. The van der Waals surface area contributed by atoms with Crippen molar-refractivity contribution in [3.8, 4) is 0 Å². The lowest BCUT2D eigenvalue weighted by atomic mass is 10.2. The zero-order chi connectivity index (χ0) is 11.8. The number of rotatable bonds is 2. The van der Waals surface area contributed by atoms with Crippen molar-refractivity contribution in [3.05, 3.63) is 29.8 Å². The fourth-order valence-corrected chi connectivity index (χ4v) is 4.69. The molecule has 0 aliphatic heterocycles. The number of hydrogen-bond acceptors (Lipinski definition) is 2. The van der Waals surface area contributed by atoms with Crippen LogP contribution in [0.15, 0.2) is 29.2 Å². The summed E-state index contributed by atoms with van der Waals surface area (Å²) in [6.45, 7) is 1.94. The molecule has 0 saturated heterocycles. The maximum atomic E-state index is 12.3. The zero-order valence-electron chi connectivity index (χ0n) is 9.19. The molecule has 2 nitrogen and oxygen atoms in total. The summed E-state index contributed by atoms with van der Waals surface area (Å²) in [4.78, 5) is 0.399. The second-order valence-electron chi connectivity index (χ2n) is 4.34. The van der Waals surface area contributed by atoms with E-state index in [-0.39, 0.29) is 5.38 Å². The average Bonchev–Trinajstić information content (AvgIpc) is 2.66. The van der Waals surface area contributed by atoms with E-state index >= 15 is 0 Å². The van der Waals surface area contributed by atoms with Gasteiger partial charge in [0, 0.05) is 0 Å². The first-order valence-electron chi connectivity index (χ1n) is 5.46. The van der Waals surface area contributed by atoms with E-state index in [1.165, 1.54) is 0 Å². The number of alkyl halides is 1. The molecule has 1 fully saturated rings. The molecule has 88 valence electrons. The Bertz CT molecular complexity index is 464. The summed E-state index contributed by atoms with van der Waals surface area (Å²) in [5.41, 5.74) is 1.06. The molecular formula is C12H15ClO2S. The fraction of sp³-hybridized carbons (Fsp3) is 0.500. The molecular weight excluding hydrogens is 244 g/mol. The van der Waals surface area contributed by atoms with E-state index in [1.54, 1.807) is 12.1 Å². The number of aryl methyl sites for hydroxylation is 1. The van der Waals surface area contributed by atoms with E-state index in [0.717, 1.165) is 18.4 Å². The fourth-order valence-electron chi connectivity index (χ4n) is 2.13. The third-order valence-electron chi connectivity index (χ3n) is 3.12. The predicted molar refractivity (Wildman–Crippen MR) is 65.6 cm³/mol. The van der Waals surface area contributed by atoms with Gasteiger partial charge < -0.3 is 0 Å². The third-order valence-corrected chi connectivity index (χ3v) is 6.08. The van der Waals surface area contributed by atoms with Crippen LogP contribution in [0.5, 0.6) is 0 Å². The molecule has 0 aromatic heterocycles. The lowest BCUT2D eigenvalue weighted by Gasteiger charge is -2.14. The lowest BCUT2D eigenvalue weighted by molar-refractivity contribution is 0.580. The lowest BCUT2D eigenvalue weighted by Crippen LogP contribution is -2.25. The number of benzene rings is 1. The maximum absolute atomic E-state index is 12.3. The number of halogens is 1. The van der Waals surface area contributed by atoms with Crippen molar-refractivity contribution >= 4 is 21.4 Å². The van der Waals surface area contributed by atoms with E-state index in [0.29, 0.717) is 11.3 Å². The van der Waals surface area contributed by atoms with E-state index in [2.05, 4.69) is 0 Å². The average molecular weight is 259 g/mol. The highest BCUT2D eigenvalue weighted by molar-refractivity contribution is 7.92. The minimum atomic E-state index is -3.24. The molecule has 1 aromatic rings. The summed E-state index contributed by atoms with van der Waals surface area (Å²) < 4.78 is 24.5. The van der Waals surface area contributed by atoms with E-state index in [1.807, 2.05) is 19.1 Å². The standard InChI is InChI=1S/C12H15ClO2S/c1-9-5-7-10(8-6-9)16(14,15)12-4-2-3-11(12)13/h5-8,11-12H,2-4H2,1H3/t11-,12-/m0/s1. The van der Waals surface area contributed by atoms with Gasteiger partial charge in [-0.15, -0.1) is 11.6 Å². The van der Waals surface area contributed by atoms with Crippen LogP contribution in [0, 0.1) is 6.92 Å². The van der Waals surface area contributed by atoms with E-state index in [4.69, 9.17) is 11.6 Å². The van der Waals surface area contributed by atoms with Crippen molar-refractivity contribution in [2.75, 3.05) is 0 Å². The van der Waals surface area contributed by atoms with Crippen molar-refractivity contribution in [1.82, 2.24) is 0 Å². The summed E-state index contributed by atoms with van der Waals surface area (Å²) in [6, 6.07) is 7.00. The molecule has 0 amide bonds. The van der Waals surface area contributed by atoms with E-state index < -0.39 is 15.1 Å². The van der Waals surface area contributed by atoms with Crippen LogP contribution in [-0.4, -0.2) is 19.0 Å². The molecule has 2 atom stereocenters. The van der Waals surface area contributed by atoms with Gasteiger partial charge in [-0.1, -0.05) is 24.1 Å². The van der Waals surface area contributed by atoms with Crippen molar-refractivity contribution in [2.45, 2.75) is 41.7 Å². The highest BCUT2D eigenvalue weighted by atomic mass is 35.5. The summed E-state index contributed by atoms with van der Waals surface area (Å²) in [5.74, 6) is 0. The highest BCUT2D eigenvalue weighted by Crippen LogP contribution is 2.33. The van der Waals surface area contributed by atoms with Crippen molar-refractivity contribution in [1.29, 1.82) is 0 Å². The summed E-state index contributed by atoms with van der Waals surface area (Å²) in [7, 11) is -3.24. The molecule has 0 radical (unpaired) electrons. The first-order chi connectivity index (χ1) is 7.51. The van der Waals surface area contributed by atoms with Gasteiger partial charge in [-0.25, -0.2) is 8.42 Å². The minimum absolute atomic E-state index is 0.230. The van der Waals surface area contributed by atoms with Crippen molar-refractivity contribution in [2.24, 2.45) is 0 Å². The number of sulfone groups is 1. The topological polar surface area (TPSA) is 34.1 Å². The van der Waals surface area contributed by atoms with Gasteiger partial charge in [-0.2, -0.15) is 0 Å². The van der Waals surface area contributed by atoms with Crippen LogP contribution in [0.2, 0.25) is 0 Å². The Morgan fingerprint density at radius 1 is 1.19 bits per heavy atom. The Kier molecular flexibility index (Phi) is 3.27. The van der Waals surface area contributed by atoms with Crippen LogP contribution in [0.1, 0.15) is 24.8 Å². The first-order valence-corrected chi connectivity index (χ1v) is 7.45. The quantitative estimate of drug-likeness (QED) is 0.765. The normalized spacial score (nSPS) is 25.9. The smallest absolute Gasteiger partial charge is 0.182 e. The molecule has 1 aliphatic carbocycles.